The maximum Gasteiger partial charge on any atom is 0.337 e. The van der Waals surface area contributed by atoms with E-state index in [-0.39, 0.29) is 104 Å². The van der Waals surface area contributed by atoms with Gasteiger partial charge in [-0.3, -0.25) is 28.8 Å². The van der Waals surface area contributed by atoms with Gasteiger partial charge in [-0.2, -0.15) is 0 Å². The van der Waals surface area contributed by atoms with E-state index in [1.54, 1.807) is 70.3 Å². The standard InChI is InChI=1S/C26H25ClN2O7S.C24H21Cl3N2O5S.C24H18ClF5N2O5S/c1-4-23(37(34,35)18-7-5-6-15(2)12-18)25(32)28-20-14-22(30)21(13-19(20)27)29-24(31)16-8-10-17(11-9-16)26(33)36-3;1-3-22(35(33,34)15-6-4-5-13(2)9-15)24(32)28-19-12-21(30)20(11-18(19)27)29-23(31)14-7-8-16(25)17(26)10-14;1-3-16(38(36,37)11-6-4-5-10(2)7-11)23(34)31-13-9-15(33)14(8-12(13)25)32-24(35)17-18(26)20(28)22(30)21(29)19(17)27/h5-14,23,30H,4H2,1-3H3,(H,28,32)(H,29,31);4-12,22,30H,3H2,1-2H3,(H,28,32)(H,29,31);4-9,16,33H,3H2,1-2H3,(H,31,34)(H,32,35). The quantitative estimate of drug-likeness (QED) is 0.0100. The fourth-order valence-corrected chi connectivity index (χ4v) is 16.4. The van der Waals surface area contributed by atoms with Crippen molar-refractivity contribution in [1.29, 1.82) is 0 Å². The zero-order chi connectivity index (χ0) is 81.8. The number of hydrogen-bond acceptors (Lipinski definition) is 17. The van der Waals surface area contributed by atoms with Crippen LogP contribution in [0.25, 0.3) is 0 Å². The third-order valence-electron chi connectivity index (χ3n) is 16.0. The van der Waals surface area contributed by atoms with Crippen molar-refractivity contribution < 1.29 is 101 Å². The molecule has 3 atom stereocenters. The highest BCUT2D eigenvalue weighted by Gasteiger charge is 2.37. The SMILES string of the molecule is CCC(C(=O)Nc1cc(O)c(NC(=O)c2c(F)c(F)c(F)c(F)c2F)cc1Cl)S(=O)(=O)c1cccc(C)c1.CCC(C(=O)Nc1cc(O)c(NC(=O)c2ccc(C(=O)OC)cc2)cc1Cl)S(=O)(=O)c1cccc(C)c1.CCC(C(=O)Nc1cc(O)c(NC(=O)c2ccc(Cl)c(Cl)c2)cc1Cl)S(=O)(=O)c1cccc(C)c1. The average Bonchev–Trinajstić information content (AvgIpc) is 0.793. The van der Waals surface area contributed by atoms with Gasteiger partial charge >= 0.3 is 5.97 Å². The van der Waals surface area contributed by atoms with Crippen LogP contribution < -0.4 is 31.9 Å². The van der Waals surface area contributed by atoms with E-state index in [1.807, 2.05) is 0 Å². The zero-order valence-electron chi connectivity index (χ0n) is 58.3. The molecule has 0 heterocycles. The van der Waals surface area contributed by atoms with Crippen molar-refractivity contribution in [2.45, 2.75) is 91.2 Å². The fraction of sp³-hybridized carbons (Fsp3) is 0.176. The van der Waals surface area contributed by atoms with E-state index in [0.29, 0.717) is 5.56 Å². The summed E-state index contributed by atoms with van der Waals surface area (Å²) in [4.78, 5) is 87.5. The Bertz CT molecular complexity index is 5470. The summed E-state index contributed by atoms with van der Waals surface area (Å²) in [7, 11) is -10.8. The second kappa shape index (κ2) is 36.9. The molecule has 0 bridgehead atoms. The molecule has 0 aliphatic carbocycles. The molecule has 0 aromatic heterocycles. The van der Waals surface area contributed by atoms with E-state index in [4.69, 9.17) is 58.0 Å². The molecule has 0 saturated carbocycles. The van der Waals surface area contributed by atoms with Crippen LogP contribution in [0.4, 0.5) is 56.1 Å². The first-order chi connectivity index (χ1) is 51.6. The number of halogens is 10. The number of aromatic hydroxyl groups is 3. The van der Waals surface area contributed by atoms with Crippen LogP contribution in [-0.4, -0.2) is 105 Å². The van der Waals surface area contributed by atoms with E-state index >= 15 is 0 Å². The van der Waals surface area contributed by atoms with E-state index < -0.39 is 144 Å². The Morgan fingerprint density at radius 3 is 0.973 bits per heavy atom. The molecule has 9 aromatic carbocycles. The molecular formula is C74H64Cl5F5N6O17S3. The van der Waals surface area contributed by atoms with Crippen LogP contribution in [0.15, 0.2) is 166 Å². The lowest BCUT2D eigenvalue weighted by Gasteiger charge is -2.18. The minimum absolute atomic E-state index is 0.00855. The molecule has 0 radical (unpaired) electrons. The smallest absolute Gasteiger partial charge is 0.337 e. The van der Waals surface area contributed by atoms with Crippen molar-refractivity contribution >= 4 is 163 Å². The number of nitrogens with one attached hydrogen (secondary N) is 6. The van der Waals surface area contributed by atoms with E-state index in [2.05, 4.69) is 31.3 Å². The minimum atomic E-state index is -4.12. The van der Waals surface area contributed by atoms with Crippen molar-refractivity contribution in [2.24, 2.45) is 0 Å². The molecule has 0 fully saturated rings. The number of carbonyl (C=O) groups is 7. The Morgan fingerprint density at radius 2 is 0.664 bits per heavy atom. The Hall–Kier alpha value is -10.4. The van der Waals surface area contributed by atoms with Crippen LogP contribution in [0.1, 0.15) is 98.2 Å². The van der Waals surface area contributed by atoms with Crippen LogP contribution in [0.2, 0.25) is 25.1 Å². The Morgan fingerprint density at radius 1 is 0.364 bits per heavy atom. The molecule has 0 aliphatic rings. The molecule has 0 aliphatic heterocycles. The van der Waals surface area contributed by atoms with Gasteiger partial charge in [-0.1, -0.05) is 115 Å². The third kappa shape index (κ3) is 20.5. The lowest BCUT2D eigenvalue weighted by atomic mass is 10.1. The minimum Gasteiger partial charge on any atom is -0.506 e. The fourth-order valence-electron chi connectivity index (χ4n) is 10.3. The number of ether oxygens (including phenoxy) is 1. The first-order valence-electron chi connectivity index (χ1n) is 32.1. The normalized spacial score (nSPS) is 12.1. The summed E-state index contributed by atoms with van der Waals surface area (Å²) in [5, 5.41) is 40.7. The number of amides is 6. The highest BCUT2D eigenvalue weighted by molar-refractivity contribution is 7.93. The van der Waals surface area contributed by atoms with Crippen molar-refractivity contribution in [3.05, 3.63) is 245 Å². The summed E-state index contributed by atoms with van der Waals surface area (Å²) in [6.07, 6.45) is -0.0973. The molecule has 580 valence electrons. The summed E-state index contributed by atoms with van der Waals surface area (Å²) < 4.78 is 151. The number of esters is 1. The maximum absolute atomic E-state index is 13.9. The van der Waals surface area contributed by atoms with Gasteiger partial charge in [-0.15, -0.1) is 0 Å². The molecule has 9 aromatic rings. The van der Waals surface area contributed by atoms with Gasteiger partial charge < -0.3 is 52.0 Å². The number of phenolic OH excluding ortho intramolecular Hbond substituents is 3. The molecule has 0 spiro atoms. The van der Waals surface area contributed by atoms with Crippen LogP contribution >= 0.6 is 58.0 Å². The van der Waals surface area contributed by atoms with E-state index in [0.717, 1.165) is 35.4 Å². The molecular weight excluding hydrogens is 1610 g/mol. The predicted octanol–water partition coefficient (Wildman–Crippen LogP) is 16.2. The summed E-state index contributed by atoms with van der Waals surface area (Å²) in [5.41, 5.74) is -0.0157. The average molecular weight is 1680 g/mol. The molecule has 3 unspecified atom stereocenters. The summed E-state index contributed by atoms with van der Waals surface area (Å²) in [6.45, 7) is 9.81. The first-order valence-corrected chi connectivity index (χ1v) is 38.6. The molecule has 6 amide bonds. The number of hydrogen-bond donors (Lipinski definition) is 9. The second-order valence-corrected chi connectivity index (χ2v) is 32.2. The number of methoxy groups -OCH3 is 1. The molecule has 23 nitrogen and oxygen atoms in total. The monoisotopic (exact) mass is 1670 g/mol. The number of rotatable bonds is 22. The number of sulfone groups is 3. The predicted molar refractivity (Wildman–Crippen MR) is 407 cm³/mol. The number of benzene rings is 9. The summed E-state index contributed by atoms with van der Waals surface area (Å²) in [5.74, 6) is -19.7. The van der Waals surface area contributed by atoms with Crippen LogP contribution in [0.3, 0.4) is 0 Å². The van der Waals surface area contributed by atoms with Gasteiger partial charge in [-0.25, -0.2) is 52.0 Å². The van der Waals surface area contributed by atoms with E-state index in [9.17, 15) is 96.1 Å². The third-order valence-corrected chi connectivity index (χ3v) is 24.3. The van der Waals surface area contributed by atoms with Gasteiger partial charge in [-0.05, 0) is 154 Å². The molecule has 9 N–H and O–H groups in total. The molecule has 9 rings (SSSR count). The van der Waals surface area contributed by atoms with Crippen LogP contribution in [0.5, 0.6) is 17.2 Å². The summed E-state index contributed by atoms with van der Waals surface area (Å²) in [6, 6.07) is 34.7. The Kier molecular flexibility index (Phi) is 29.1. The van der Waals surface area contributed by atoms with Gasteiger partial charge in [0.15, 0.2) is 52.8 Å². The van der Waals surface area contributed by atoms with Gasteiger partial charge in [0.25, 0.3) is 17.7 Å². The van der Waals surface area contributed by atoms with E-state index in [1.165, 1.54) is 111 Å². The van der Waals surface area contributed by atoms with Gasteiger partial charge in [0.1, 0.15) is 38.6 Å². The van der Waals surface area contributed by atoms with Crippen molar-refractivity contribution in [3.8, 4) is 17.2 Å². The van der Waals surface area contributed by atoms with Crippen molar-refractivity contribution in [2.75, 3.05) is 39.0 Å². The second-order valence-electron chi connectivity index (χ2n) is 23.8. The molecule has 36 heteroatoms. The maximum atomic E-state index is 13.9. The number of phenols is 3. The largest absolute Gasteiger partial charge is 0.506 e. The van der Waals surface area contributed by atoms with Crippen LogP contribution in [0, 0.1) is 49.9 Å². The molecule has 0 saturated heterocycles. The van der Waals surface area contributed by atoms with Crippen molar-refractivity contribution in [1.82, 2.24) is 0 Å². The Balaban J connectivity index is 0.000000230. The lowest BCUT2D eigenvalue weighted by molar-refractivity contribution is -0.116. The number of carbonyl (C=O) groups excluding carboxylic acids is 7. The Labute approximate surface area is 651 Å². The summed E-state index contributed by atoms with van der Waals surface area (Å²) >= 11 is 30.4. The number of anilines is 6. The van der Waals surface area contributed by atoms with Gasteiger partial charge in [0.2, 0.25) is 23.5 Å². The topological polar surface area (TPSA) is 364 Å². The molecule has 110 heavy (non-hydrogen) atoms. The van der Waals surface area contributed by atoms with Gasteiger partial charge in [0, 0.05) is 29.3 Å². The number of aryl methyl sites for hydroxylation is 3. The highest BCUT2D eigenvalue weighted by Crippen LogP contribution is 2.39. The lowest BCUT2D eigenvalue weighted by Crippen LogP contribution is -2.34. The van der Waals surface area contributed by atoms with Crippen molar-refractivity contribution in [3.63, 3.8) is 0 Å². The van der Waals surface area contributed by atoms with Gasteiger partial charge in [0.05, 0.1) is 86.6 Å². The highest BCUT2D eigenvalue weighted by atomic mass is 35.5. The zero-order valence-corrected chi connectivity index (χ0v) is 64.6. The van der Waals surface area contributed by atoms with Crippen LogP contribution in [-0.2, 0) is 48.6 Å². The first kappa shape index (κ1) is 86.9.